The molecule has 0 spiro atoms. The van der Waals surface area contributed by atoms with Crippen molar-refractivity contribution in [2.75, 3.05) is 26.5 Å². The average molecular weight is 505 g/mol. The minimum Gasteiger partial charge on any atom is -0.464 e. The van der Waals surface area contributed by atoms with Crippen molar-refractivity contribution >= 4 is 11.8 Å². The van der Waals surface area contributed by atoms with Crippen LogP contribution in [0.1, 0.15) is 45.8 Å². The molecule has 0 bridgehead atoms. The Morgan fingerprint density at radius 1 is 0.946 bits per heavy atom. The third kappa shape index (κ3) is 5.97. The highest BCUT2D eigenvalue weighted by Crippen LogP contribution is 2.33. The first-order chi connectivity index (χ1) is 18.0. The molecule has 1 saturated heterocycles. The maximum absolute atomic E-state index is 13.8. The molecule has 0 aliphatic carbocycles. The van der Waals surface area contributed by atoms with Crippen LogP contribution in [0.5, 0.6) is 11.5 Å². The lowest BCUT2D eigenvalue weighted by Crippen LogP contribution is -2.45. The van der Waals surface area contributed by atoms with E-state index in [9.17, 15) is 9.59 Å². The van der Waals surface area contributed by atoms with Crippen molar-refractivity contribution in [3.05, 3.63) is 82.8 Å². The zero-order valence-corrected chi connectivity index (χ0v) is 21.3. The van der Waals surface area contributed by atoms with Crippen molar-refractivity contribution in [2.45, 2.75) is 45.9 Å². The van der Waals surface area contributed by atoms with Gasteiger partial charge in [-0.15, -0.1) is 0 Å². The second kappa shape index (κ2) is 11.1. The molecule has 0 saturated carbocycles. The van der Waals surface area contributed by atoms with E-state index in [-0.39, 0.29) is 37.8 Å². The molecule has 0 N–H and O–H groups in total. The minimum absolute atomic E-state index is 0.0583. The topological polar surface area (TPSA) is 81.5 Å². The molecule has 2 amide bonds. The second-order valence-corrected chi connectivity index (χ2v) is 9.59. The Labute approximate surface area is 216 Å². The van der Waals surface area contributed by atoms with Crippen LogP contribution < -0.4 is 9.47 Å². The zero-order valence-electron chi connectivity index (χ0n) is 21.3. The summed E-state index contributed by atoms with van der Waals surface area (Å²) in [4.78, 5) is 30.7. The van der Waals surface area contributed by atoms with Crippen molar-refractivity contribution in [3.8, 4) is 11.5 Å². The number of carbonyl (C=O) groups is 2. The molecule has 3 aromatic rings. The second-order valence-electron chi connectivity index (χ2n) is 9.59. The van der Waals surface area contributed by atoms with Crippen molar-refractivity contribution in [2.24, 2.45) is 0 Å². The zero-order chi connectivity index (χ0) is 25.8. The Kier molecular flexibility index (Phi) is 7.46. The molecular formula is C29H32N2O6. The maximum atomic E-state index is 13.8. The Hall–Kier alpha value is -3.78. The summed E-state index contributed by atoms with van der Waals surface area (Å²) in [6.07, 6.45) is 1.76. The molecule has 5 rings (SSSR count). The molecule has 3 heterocycles. The summed E-state index contributed by atoms with van der Waals surface area (Å²) in [6, 6.07) is 16.9. The van der Waals surface area contributed by atoms with Gasteiger partial charge in [-0.2, -0.15) is 0 Å². The summed E-state index contributed by atoms with van der Waals surface area (Å²) in [7, 11) is 0. The van der Waals surface area contributed by atoms with Gasteiger partial charge in [-0.1, -0.05) is 24.3 Å². The van der Waals surface area contributed by atoms with E-state index in [1.165, 1.54) is 0 Å². The highest BCUT2D eigenvalue weighted by atomic mass is 16.7. The molecule has 0 unspecified atom stereocenters. The van der Waals surface area contributed by atoms with Gasteiger partial charge in [-0.05, 0) is 68.1 Å². The van der Waals surface area contributed by atoms with Crippen LogP contribution in [0.15, 0.2) is 59.0 Å². The van der Waals surface area contributed by atoms with Crippen molar-refractivity contribution in [3.63, 3.8) is 0 Å². The van der Waals surface area contributed by atoms with E-state index in [1.807, 2.05) is 62.4 Å². The number of hydrogen-bond acceptors (Lipinski definition) is 6. The number of rotatable bonds is 9. The lowest BCUT2D eigenvalue weighted by molar-refractivity contribution is -0.133. The fraction of sp³-hybridized carbons (Fsp3) is 0.379. The first-order valence-corrected chi connectivity index (χ1v) is 12.6. The third-order valence-electron chi connectivity index (χ3n) is 6.74. The average Bonchev–Trinajstić information content (AvgIpc) is 3.65. The van der Waals surface area contributed by atoms with E-state index in [1.54, 1.807) is 15.9 Å². The molecule has 8 heteroatoms. The number of carbonyl (C=O) groups excluding carboxylic acids is 2. The van der Waals surface area contributed by atoms with Crippen LogP contribution in [0.25, 0.3) is 0 Å². The summed E-state index contributed by atoms with van der Waals surface area (Å²) >= 11 is 0. The molecule has 2 aliphatic heterocycles. The van der Waals surface area contributed by atoms with E-state index < -0.39 is 0 Å². The molecule has 2 aromatic carbocycles. The minimum atomic E-state index is -0.174. The fourth-order valence-corrected chi connectivity index (χ4v) is 4.75. The molecule has 1 atom stereocenters. The molecule has 37 heavy (non-hydrogen) atoms. The van der Waals surface area contributed by atoms with Crippen LogP contribution in [0.2, 0.25) is 0 Å². The summed E-state index contributed by atoms with van der Waals surface area (Å²) in [5, 5.41) is 0. The summed E-state index contributed by atoms with van der Waals surface area (Å²) in [5.41, 5.74) is 2.37. The van der Waals surface area contributed by atoms with Gasteiger partial charge in [0.15, 0.2) is 11.5 Å². The van der Waals surface area contributed by atoms with E-state index in [0.717, 1.165) is 29.7 Å². The summed E-state index contributed by atoms with van der Waals surface area (Å²) in [5.74, 6) is 2.47. The van der Waals surface area contributed by atoms with E-state index in [4.69, 9.17) is 18.6 Å². The van der Waals surface area contributed by atoms with Crippen molar-refractivity contribution < 1.29 is 28.2 Å². The quantitative estimate of drug-likeness (QED) is 0.428. The number of nitrogens with zero attached hydrogens (tertiary/aromatic N) is 2. The Bertz CT molecular complexity index is 1260. The number of amides is 2. The van der Waals surface area contributed by atoms with Crippen LogP contribution >= 0.6 is 0 Å². The van der Waals surface area contributed by atoms with Gasteiger partial charge in [0.1, 0.15) is 18.1 Å². The Morgan fingerprint density at radius 2 is 1.78 bits per heavy atom. The van der Waals surface area contributed by atoms with Crippen LogP contribution in [0.3, 0.4) is 0 Å². The lowest BCUT2D eigenvalue weighted by Gasteiger charge is -2.29. The van der Waals surface area contributed by atoms with Gasteiger partial charge >= 0.3 is 0 Å². The van der Waals surface area contributed by atoms with E-state index in [0.29, 0.717) is 42.5 Å². The van der Waals surface area contributed by atoms with Gasteiger partial charge in [0, 0.05) is 25.3 Å². The predicted molar refractivity (Wildman–Crippen MR) is 136 cm³/mol. The molecule has 8 nitrogen and oxygen atoms in total. The molecule has 1 fully saturated rings. The first kappa shape index (κ1) is 24.9. The normalized spacial score (nSPS) is 16.1. The predicted octanol–water partition coefficient (Wildman–Crippen LogP) is 4.48. The van der Waals surface area contributed by atoms with Crippen LogP contribution in [-0.2, 0) is 22.6 Å². The number of benzene rings is 2. The van der Waals surface area contributed by atoms with Gasteiger partial charge in [0.25, 0.3) is 5.91 Å². The molecule has 0 radical (unpaired) electrons. The largest absolute Gasteiger partial charge is 0.464 e. The van der Waals surface area contributed by atoms with Gasteiger partial charge in [0.2, 0.25) is 12.7 Å². The standard InChI is InChI=1S/C29H32N2O6/c1-20-6-3-4-8-25(20)29(33)31(16-23-7-5-13-34-23)18-28(32)30(17-24-11-9-21(2)37-24)15-22-10-12-26-27(14-22)36-19-35-26/h3-4,6,8-12,14,23H,5,7,13,15-19H2,1-2H3/t23-/m1/s1. The van der Waals surface area contributed by atoms with E-state index >= 15 is 0 Å². The summed E-state index contributed by atoms with van der Waals surface area (Å²) < 4.78 is 22.5. The number of hydrogen-bond donors (Lipinski definition) is 0. The number of aryl methyl sites for hydroxylation is 2. The monoisotopic (exact) mass is 504 g/mol. The molecule has 194 valence electrons. The van der Waals surface area contributed by atoms with Crippen molar-refractivity contribution in [1.29, 1.82) is 0 Å². The van der Waals surface area contributed by atoms with Crippen LogP contribution in [0.4, 0.5) is 0 Å². The Balaban J connectivity index is 1.38. The Morgan fingerprint density at radius 3 is 2.54 bits per heavy atom. The molecule has 2 aliphatic rings. The highest BCUT2D eigenvalue weighted by Gasteiger charge is 2.28. The summed E-state index contributed by atoms with van der Waals surface area (Å²) in [6.45, 7) is 5.58. The lowest BCUT2D eigenvalue weighted by atomic mass is 10.1. The van der Waals surface area contributed by atoms with Gasteiger partial charge < -0.3 is 28.4 Å². The SMILES string of the molecule is Cc1ccc(CN(Cc2ccc3c(c2)OCO3)C(=O)CN(C[C@H]2CCCO2)C(=O)c2ccccc2C)o1. The van der Waals surface area contributed by atoms with Crippen molar-refractivity contribution in [1.82, 2.24) is 9.80 Å². The highest BCUT2D eigenvalue weighted by molar-refractivity contribution is 5.97. The maximum Gasteiger partial charge on any atom is 0.254 e. The van der Waals surface area contributed by atoms with Gasteiger partial charge in [0.05, 0.1) is 12.6 Å². The van der Waals surface area contributed by atoms with Gasteiger partial charge in [-0.25, -0.2) is 0 Å². The fourth-order valence-electron chi connectivity index (χ4n) is 4.75. The van der Waals surface area contributed by atoms with E-state index in [2.05, 4.69) is 0 Å². The third-order valence-corrected chi connectivity index (χ3v) is 6.74. The van der Waals surface area contributed by atoms with Gasteiger partial charge in [-0.3, -0.25) is 9.59 Å². The number of furan rings is 1. The number of fused-ring (bicyclic) bond motifs is 1. The molecular weight excluding hydrogens is 472 g/mol. The van der Waals surface area contributed by atoms with Crippen LogP contribution in [-0.4, -0.2) is 54.2 Å². The molecule has 1 aromatic heterocycles. The first-order valence-electron chi connectivity index (χ1n) is 12.6. The van der Waals surface area contributed by atoms with Crippen LogP contribution in [0, 0.1) is 13.8 Å². The number of ether oxygens (including phenoxy) is 3. The smallest absolute Gasteiger partial charge is 0.254 e.